The van der Waals surface area contributed by atoms with Crippen molar-refractivity contribution in [2.75, 3.05) is 5.32 Å². The first-order chi connectivity index (χ1) is 13.0. The second-order valence-electron chi connectivity index (χ2n) is 5.74. The molecular weight excluding hydrogens is 475 g/mol. The van der Waals surface area contributed by atoms with E-state index in [9.17, 15) is 14.4 Å². The third-order valence-corrected chi connectivity index (χ3v) is 5.84. The first-order valence-electron chi connectivity index (χ1n) is 7.49. The van der Waals surface area contributed by atoms with Crippen molar-refractivity contribution in [2.45, 2.75) is 6.54 Å². The Morgan fingerprint density at radius 3 is 2.18 bits per heavy atom. The van der Waals surface area contributed by atoms with Gasteiger partial charge in [0.1, 0.15) is 6.54 Å². The van der Waals surface area contributed by atoms with Crippen molar-refractivity contribution >= 4 is 80.8 Å². The lowest BCUT2D eigenvalue weighted by Crippen LogP contribution is -2.37. The Morgan fingerprint density at radius 1 is 1.04 bits per heavy atom. The molecule has 0 radical (unpaired) electrons. The fourth-order valence-electron chi connectivity index (χ4n) is 2.57. The van der Waals surface area contributed by atoms with Crippen molar-refractivity contribution in [3.05, 3.63) is 52.3 Å². The van der Waals surface area contributed by atoms with Gasteiger partial charge in [-0.1, -0.05) is 46.4 Å². The Labute approximate surface area is 182 Å². The molecule has 0 unspecified atom stereocenters. The van der Waals surface area contributed by atoms with Crippen LogP contribution in [-0.2, 0) is 25.4 Å². The van der Waals surface area contributed by atoms with Crippen LogP contribution in [0, 0.1) is 0 Å². The van der Waals surface area contributed by atoms with Crippen molar-refractivity contribution in [3.63, 3.8) is 0 Å². The molecule has 2 aromatic heterocycles. The van der Waals surface area contributed by atoms with E-state index in [1.165, 1.54) is 24.7 Å². The van der Waals surface area contributed by atoms with Crippen molar-refractivity contribution in [3.8, 4) is 0 Å². The van der Waals surface area contributed by atoms with Crippen molar-refractivity contribution in [2.24, 2.45) is 14.1 Å². The molecule has 0 bridgehead atoms. The normalized spacial score (nSPS) is 11.2. The third kappa shape index (κ3) is 3.40. The lowest BCUT2D eigenvalue weighted by atomic mass is 10.3. The maximum atomic E-state index is 12.6. The third-order valence-electron chi connectivity index (χ3n) is 3.98. The number of amides is 1. The van der Waals surface area contributed by atoms with Crippen LogP contribution in [0.15, 0.2) is 15.7 Å². The minimum absolute atomic E-state index is 0.00399. The van der Waals surface area contributed by atoms with Gasteiger partial charge in [-0.25, -0.2) is 4.79 Å². The van der Waals surface area contributed by atoms with E-state index >= 15 is 0 Å². The van der Waals surface area contributed by atoms with E-state index in [1.807, 2.05) is 0 Å². The van der Waals surface area contributed by atoms with E-state index in [1.54, 1.807) is 0 Å². The summed E-state index contributed by atoms with van der Waals surface area (Å²) in [6, 6.07) is 1.34. The topological polar surface area (TPSA) is 90.9 Å². The molecule has 0 aliphatic carbocycles. The van der Waals surface area contributed by atoms with Gasteiger partial charge in [-0.05, 0) is 17.7 Å². The zero-order chi connectivity index (χ0) is 20.9. The molecule has 0 aliphatic rings. The maximum absolute atomic E-state index is 12.6. The molecule has 1 amide bonds. The van der Waals surface area contributed by atoms with Crippen LogP contribution < -0.4 is 16.6 Å². The first kappa shape index (κ1) is 21.0. The van der Waals surface area contributed by atoms with Crippen LogP contribution in [0.1, 0.15) is 0 Å². The maximum Gasteiger partial charge on any atom is 0.332 e. The number of fused-ring (bicyclic) bond motifs is 1. The molecule has 0 aliphatic heterocycles. The molecule has 0 saturated carbocycles. The molecule has 2 heterocycles. The lowest BCUT2D eigenvalue weighted by Gasteiger charge is -2.13. The molecule has 3 rings (SSSR count). The number of halogens is 5. The molecule has 8 nitrogen and oxygen atoms in total. The average molecular weight is 486 g/mol. The van der Waals surface area contributed by atoms with Crippen molar-refractivity contribution in [1.82, 2.24) is 18.7 Å². The fourth-order valence-corrected chi connectivity index (χ4v) is 3.70. The number of nitrogens with zero attached hydrogens (tertiary/aromatic N) is 4. The number of aryl methyl sites for hydroxylation is 1. The van der Waals surface area contributed by atoms with E-state index in [0.717, 1.165) is 9.13 Å². The predicted octanol–water partition coefficient (Wildman–Crippen LogP) is 3.34. The second kappa shape index (κ2) is 7.61. The van der Waals surface area contributed by atoms with Crippen LogP contribution in [0.25, 0.3) is 11.2 Å². The predicted molar refractivity (Wildman–Crippen MR) is 110 cm³/mol. The number of anilines is 1. The van der Waals surface area contributed by atoms with E-state index in [2.05, 4.69) is 10.3 Å². The average Bonchev–Trinajstić information content (AvgIpc) is 2.96. The first-order valence-corrected chi connectivity index (χ1v) is 9.38. The molecule has 1 N–H and O–H groups in total. The van der Waals surface area contributed by atoms with Crippen LogP contribution in [0.2, 0.25) is 25.4 Å². The Morgan fingerprint density at radius 2 is 1.61 bits per heavy atom. The number of nitrogens with one attached hydrogen (secondary N) is 1. The van der Waals surface area contributed by atoms with Gasteiger partial charge in [0.15, 0.2) is 11.2 Å². The Bertz CT molecular complexity index is 1230. The van der Waals surface area contributed by atoms with Gasteiger partial charge in [0.2, 0.25) is 11.2 Å². The van der Waals surface area contributed by atoms with Crippen LogP contribution in [0.4, 0.5) is 5.69 Å². The molecule has 0 spiro atoms. The summed E-state index contributed by atoms with van der Waals surface area (Å²) in [5.74, 6) is -0.626. The Balaban J connectivity index is 2.06. The summed E-state index contributed by atoms with van der Waals surface area (Å²) in [6.07, 6.45) is 0. The van der Waals surface area contributed by atoms with Crippen LogP contribution in [-0.4, -0.2) is 24.6 Å². The van der Waals surface area contributed by atoms with E-state index in [4.69, 9.17) is 58.0 Å². The van der Waals surface area contributed by atoms with Gasteiger partial charge in [-0.3, -0.25) is 23.3 Å². The molecular formula is C15H10Cl5N5O3. The van der Waals surface area contributed by atoms with Crippen molar-refractivity contribution in [1.29, 1.82) is 0 Å². The van der Waals surface area contributed by atoms with Gasteiger partial charge >= 0.3 is 5.69 Å². The fraction of sp³-hybridized carbons (Fsp3) is 0.200. The standard InChI is InChI=1S/C15H10Cl5N5O3/c1-23-12-11(13(27)24(2)15(23)28)25(14(20)22-12)4-7(26)21-10-8(18)5(16)3-6(17)9(10)19/h3H,4H2,1-2H3,(H,21,26). The zero-order valence-corrected chi connectivity index (χ0v) is 18.0. The largest absolute Gasteiger partial charge is 0.332 e. The van der Waals surface area contributed by atoms with Gasteiger partial charge in [0.05, 0.1) is 25.8 Å². The second-order valence-corrected chi connectivity index (χ2v) is 7.64. The number of benzene rings is 1. The molecule has 0 fully saturated rings. The van der Waals surface area contributed by atoms with Gasteiger partial charge in [-0.15, -0.1) is 0 Å². The Hall–Kier alpha value is -1.71. The number of aromatic nitrogens is 4. The number of hydrogen-bond acceptors (Lipinski definition) is 4. The van der Waals surface area contributed by atoms with Crippen molar-refractivity contribution < 1.29 is 4.79 Å². The molecule has 1 aromatic carbocycles. The van der Waals surface area contributed by atoms with Crippen LogP contribution in [0.5, 0.6) is 0 Å². The van der Waals surface area contributed by atoms with Gasteiger partial charge < -0.3 is 5.32 Å². The number of imidazole rings is 1. The summed E-state index contributed by atoms with van der Waals surface area (Å²) in [5, 5.41) is 2.55. The summed E-state index contributed by atoms with van der Waals surface area (Å²) in [7, 11) is 2.74. The minimum Gasteiger partial charge on any atom is -0.322 e. The Kier molecular flexibility index (Phi) is 5.71. The zero-order valence-electron chi connectivity index (χ0n) is 14.2. The van der Waals surface area contributed by atoms with E-state index in [0.29, 0.717) is 0 Å². The smallest absolute Gasteiger partial charge is 0.322 e. The lowest BCUT2D eigenvalue weighted by molar-refractivity contribution is -0.116. The van der Waals surface area contributed by atoms with Crippen LogP contribution in [0.3, 0.4) is 0 Å². The van der Waals surface area contributed by atoms with Crippen LogP contribution >= 0.6 is 58.0 Å². The number of hydrogen-bond donors (Lipinski definition) is 1. The number of carbonyl (C=O) groups is 1. The van der Waals surface area contributed by atoms with Gasteiger partial charge in [-0.2, -0.15) is 4.98 Å². The van der Waals surface area contributed by atoms with Gasteiger partial charge in [0, 0.05) is 14.1 Å². The van der Waals surface area contributed by atoms with E-state index in [-0.39, 0.29) is 42.2 Å². The van der Waals surface area contributed by atoms with E-state index < -0.39 is 23.7 Å². The quantitative estimate of drug-likeness (QED) is 0.455. The summed E-state index contributed by atoms with van der Waals surface area (Å²) >= 11 is 30.2. The molecule has 0 atom stereocenters. The van der Waals surface area contributed by atoms with Gasteiger partial charge in [0.25, 0.3) is 5.56 Å². The minimum atomic E-state index is -0.646. The highest BCUT2D eigenvalue weighted by atomic mass is 35.5. The summed E-state index contributed by atoms with van der Waals surface area (Å²) in [6.45, 7) is -0.403. The summed E-state index contributed by atoms with van der Waals surface area (Å²) < 4.78 is 3.21. The highest BCUT2D eigenvalue weighted by Crippen LogP contribution is 2.41. The molecule has 13 heteroatoms. The highest BCUT2D eigenvalue weighted by Gasteiger charge is 2.21. The number of carbonyl (C=O) groups excluding carboxylic acids is 1. The summed E-state index contributed by atoms with van der Waals surface area (Å²) in [4.78, 5) is 41.1. The molecule has 28 heavy (non-hydrogen) atoms. The monoisotopic (exact) mass is 483 g/mol. The molecule has 3 aromatic rings. The highest BCUT2D eigenvalue weighted by molar-refractivity contribution is 6.50. The SMILES string of the molecule is Cn1c(=O)c2c(nc(Cl)n2CC(=O)Nc2c(Cl)c(Cl)cc(Cl)c2Cl)n(C)c1=O. The molecule has 148 valence electrons. The molecule has 0 saturated heterocycles. The summed E-state index contributed by atoms with van der Waals surface area (Å²) in [5.41, 5.74) is -1.16. The number of rotatable bonds is 3.